The van der Waals surface area contributed by atoms with Crippen LogP contribution in [0.1, 0.15) is 309 Å². The Morgan fingerprint density at radius 3 is 0.925 bits per heavy atom. The average Bonchev–Trinajstić information content (AvgIpc) is 0.874. The van der Waals surface area contributed by atoms with Crippen LogP contribution in [0.2, 0.25) is 5.02 Å². The molecule has 120 heavy (non-hydrogen) atoms. The average molecular weight is 1760 g/mol. The minimum Gasteiger partial charge on any atom is -0.467 e. The summed E-state index contributed by atoms with van der Waals surface area (Å²) < 4.78 is 204. The second-order valence-electron chi connectivity index (χ2n) is 44.3. The van der Waals surface area contributed by atoms with Crippen molar-refractivity contribution in [3.8, 4) is 6.01 Å². The fourth-order valence-corrected chi connectivity index (χ4v) is 13.1. The Hall–Kier alpha value is -3.93. The minimum absolute atomic E-state index is 0.00340. The predicted molar refractivity (Wildman–Crippen MR) is 461 cm³/mol. The number of likely N-dealkylation sites (tertiary alicyclic amines) is 7. The molecule has 9 heterocycles. The zero-order valence-corrected chi connectivity index (χ0v) is 80.5. The van der Waals surface area contributed by atoms with Crippen LogP contribution < -0.4 is 4.74 Å². The normalized spacial score (nSPS) is 20.9. The standard InChI is InChI=1S/C11H13F3.C11H23N.C10H18F3N.C10H20FN.C9H17F2N.C9H14N2O.C8H11ClN2.C8H14F3N.C8H15F2N.C7H13F2N/c1-10(2,3)8-4-6-9(7-5-8)11(12,13)14;1-10(2,3)12-8-6-11(4,5)7-9-12;1-9(2,3)14-6-4-8(5-7-14)10(11,12)13;1-9(2,3)12-7-5-10(4,11)6-8-12;1-8(2,3)12-6-4-5-9(10,11)7-12;1-9(2,3)7-5-10-8(12-4)11-6-7;1-8(2,3)7-10-4-6(9)5-11-7;1-7(2,3)12-4-6(5-12)8(9,10)11;1-7(2,3)11-5-4-8(9,10)6-11;1-6(2,3)10-4-7(8,9)5-10/h4-7H,1-3H3;6-9H2,1-5H3;8H,4-7H2,1-3H3;5-8H2,1-4H3;4-7H2,1-3H3;5-6H,1-4H3;4-5H,1-3H3;6H,4-5H2,1-3H3;4-6H2,1-3H3;4-5H2,1-3H3. The maximum atomic E-state index is 13.4. The molecule has 7 aliphatic rings. The van der Waals surface area contributed by atoms with E-state index in [0.717, 1.165) is 48.7 Å². The van der Waals surface area contributed by atoms with E-state index in [9.17, 15) is 70.2 Å². The lowest BCUT2D eigenvalue weighted by Gasteiger charge is -2.48. The van der Waals surface area contributed by atoms with Gasteiger partial charge in [-0.2, -0.15) is 39.5 Å². The molecule has 7 saturated heterocycles. The van der Waals surface area contributed by atoms with Crippen molar-refractivity contribution in [3.63, 3.8) is 0 Å². The molecular formula is C91H158ClF16N11O. The van der Waals surface area contributed by atoms with E-state index in [1.54, 1.807) is 43.7 Å². The lowest BCUT2D eigenvalue weighted by molar-refractivity contribution is -0.218. The summed E-state index contributed by atoms with van der Waals surface area (Å²) in [7, 11) is 1.56. The van der Waals surface area contributed by atoms with Crippen LogP contribution in [0.5, 0.6) is 6.01 Å². The van der Waals surface area contributed by atoms with Crippen molar-refractivity contribution in [2.45, 2.75) is 383 Å². The molecule has 12 nitrogen and oxygen atoms in total. The van der Waals surface area contributed by atoms with Gasteiger partial charge in [0, 0.05) is 115 Å². The minimum atomic E-state index is -4.24. The zero-order chi connectivity index (χ0) is 94.1. The van der Waals surface area contributed by atoms with E-state index >= 15 is 0 Å². The maximum Gasteiger partial charge on any atom is 0.416 e. The van der Waals surface area contributed by atoms with Gasteiger partial charge in [0.15, 0.2) is 0 Å². The van der Waals surface area contributed by atoms with Gasteiger partial charge in [0.05, 0.1) is 55.7 Å². The summed E-state index contributed by atoms with van der Waals surface area (Å²) in [6, 6.07) is 5.73. The van der Waals surface area contributed by atoms with Gasteiger partial charge >= 0.3 is 24.5 Å². The Kier molecular flexibility index (Phi) is 41.6. The van der Waals surface area contributed by atoms with Crippen LogP contribution in [-0.4, -0.2) is 228 Å². The Morgan fingerprint density at radius 1 is 0.342 bits per heavy atom. The van der Waals surface area contributed by atoms with Crippen LogP contribution in [0.4, 0.5) is 70.2 Å². The number of halogens is 17. The Morgan fingerprint density at radius 2 is 0.658 bits per heavy atom. The van der Waals surface area contributed by atoms with Gasteiger partial charge in [-0.05, 0) is 269 Å². The first-order valence-corrected chi connectivity index (χ1v) is 42.8. The Bertz CT molecular complexity index is 3230. The lowest BCUT2D eigenvalue weighted by Crippen LogP contribution is -2.62. The third kappa shape index (κ3) is 44.5. The zero-order valence-electron chi connectivity index (χ0n) is 79.8. The van der Waals surface area contributed by atoms with Crippen LogP contribution in [0.3, 0.4) is 0 Å². The molecule has 0 spiro atoms. The summed E-state index contributed by atoms with van der Waals surface area (Å²) in [6.45, 7) is 74.9. The maximum absolute atomic E-state index is 13.4. The van der Waals surface area contributed by atoms with Crippen LogP contribution in [0.15, 0.2) is 49.1 Å². The number of ether oxygens (including phenoxy) is 1. The number of piperidine rings is 4. The third-order valence-corrected chi connectivity index (χ3v) is 22.5. The van der Waals surface area contributed by atoms with Gasteiger partial charge in [-0.15, -0.1) is 0 Å². The summed E-state index contributed by atoms with van der Waals surface area (Å²) in [4.78, 5) is 30.6. The highest BCUT2D eigenvalue weighted by atomic mass is 35.5. The lowest BCUT2D eigenvalue weighted by atomic mass is 9.81. The summed E-state index contributed by atoms with van der Waals surface area (Å²) in [6.07, 6.45) is -0.136. The highest BCUT2D eigenvalue weighted by Gasteiger charge is 2.51. The van der Waals surface area contributed by atoms with Crippen molar-refractivity contribution in [2.75, 3.05) is 98.7 Å². The number of rotatable bonds is 1. The monoisotopic (exact) mass is 1760 g/mol. The van der Waals surface area contributed by atoms with Gasteiger partial charge in [-0.1, -0.05) is 99.9 Å². The summed E-state index contributed by atoms with van der Waals surface area (Å²) in [5.74, 6) is -8.70. The third-order valence-electron chi connectivity index (χ3n) is 22.3. The largest absolute Gasteiger partial charge is 0.467 e. The highest BCUT2D eigenvalue weighted by Crippen LogP contribution is 2.41. The molecule has 1 aromatic carbocycles. The number of hydrogen-bond acceptors (Lipinski definition) is 12. The smallest absolute Gasteiger partial charge is 0.416 e. The van der Waals surface area contributed by atoms with Crippen LogP contribution in [-0.2, 0) is 22.4 Å². The molecule has 0 N–H and O–H groups in total. The van der Waals surface area contributed by atoms with E-state index in [-0.39, 0.29) is 114 Å². The molecular weight excluding hydrogens is 1600 g/mol. The molecule has 0 aliphatic carbocycles. The molecule has 10 rings (SSSR count). The Labute approximate surface area is 719 Å². The van der Waals surface area contributed by atoms with Crippen molar-refractivity contribution in [1.82, 2.24) is 54.2 Å². The first-order chi connectivity index (χ1) is 53.2. The Balaban J connectivity index is 0.000000667. The second-order valence-corrected chi connectivity index (χ2v) is 44.8. The van der Waals surface area contributed by atoms with Crippen LogP contribution in [0, 0.1) is 17.3 Å². The number of methoxy groups -OCH3 is 1. The number of hydrogen-bond donors (Lipinski definition) is 0. The summed E-state index contributed by atoms with van der Waals surface area (Å²) in [5, 5.41) is 0.581. The van der Waals surface area contributed by atoms with E-state index in [2.05, 4.69) is 132 Å². The molecule has 0 atom stereocenters. The molecule has 7 fully saturated rings. The van der Waals surface area contributed by atoms with Gasteiger partial charge in [0.1, 0.15) is 11.5 Å². The predicted octanol–water partition coefficient (Wildman–Crippen LogP) is 25.4. The topological polar surface area (TPSA) is 83.5 Å². The molecule has 2 aromatic heterocycles. The van der Waals surface area contributed by atoms with Crippen molar-refractivity contribution < 1.29 is 75.0 Å². The molecule has 3 aromatic rings. The first-order valence-electron chi connectivity index (χ1n) is 42.5. The molecule has 29 heteroatoms. The summed E-state index contributed by atoms with van der Waals surface area (Å²) in [5.41, 5.74) is 1.22. The van der Waals surface area contributed by atoms with E-state index < -0.39 is 59.4 Å². The molecule has 7 aliphatic heterocycles. The number of nitrogens with zero attached hydrogens (tertiary/aromatic N) is 11. The molecule has 0 radical (unpaired) electrons. The van der Waals surface area contributed by atoms with Crippen LogP contribution >= 0.6 is 11.6 Å². The van der Waals surface area contributed by atoms with Crippen molar-refractivity contribution >= 4 is 11.6 Å². The fourth-order valence-electron chi connectivity index (χ4n) is 13.0. The number of benzene rings is 1. The molecule has 0 unspecified atom stereocenters. The molecule has 0 bridgehead atoms. The van der Waals surface area contributed by atoms with Gasteiger partial charge in [0.2, 0.25) is 0 Å². The number of aromatic nitrogens is 4. The molecule has 702 valence electrons. The molecule has 0 amide bonds. The fraction of sp³-hybridized carbons (Fsp3) is 0.846. The van der Waals surface area contributed by atoms with Crippen molar-refractivity contribution in [1.29, 1.82) is 0 Å². The van der Waals surface area contributed by atoms with Gasteiger partial charge < -0.3 is 4.74 Å². The van der Waals surface area contributed by atoms with E-state index in [1.807, 2.05) is 139 Å². The van der Waals surface area contributed by atoms with Crippen molar-refractivity contribution in [3.05, 3.63) is 76.6 Å². The van der Waals surface area contributed by atoms with Gasteiger partial charge in [-0.3, -0.25) is 34.3 Å². The second kappa shape index (κ2) is 43.7. The van der Waals surface area contributed by atoms with Crippen molar-refractivity contribution in [2.24, 2.45) is 17.3 Å². The van der Waals surface area contributed by atoms with Gasteiger partial charge in [-0.25, -0.2) is 50.7 Å². The van der Waals surface area contributed by atoms with E-state index in [1.165, 1.54) is 38.1 Å². The SMILES string of the molecule is CC(C)(C)N1CC(C(F)(F)F)C1.CC(C)(C)N1CC(F)(F)C1.CC(C)(C)N1CCC(C(F)(F)F)CC1.CC(C)(C)N1CCC(F)(F)C1.CC(C)(C)N1CCCC(F)(F)C1.CC(C)(C)c1ccc(C(F)(F)F)cc1.CC(C)(C)c1ncc(Cl)cn1.CC1(C)CCN(C(C)(C)C)CC1.CC1(F)CCN(C(C)(C)C)CC1.COc1ncc(C(C)(C)C)cn1. The first kappa shape index (κ1) is 114. The van der Waals surface area contributed by atoms with E-state index in [0.29, 0.717) is 60.9 Å². The van der Waals surface area contributed by atoms with Gasteiger partial charge in [0.25, 0.3) is 17.8 Å². The highest BCUT2D eigenvalue weighted by molar-refractivity contribution is 6.30. The molecule has 0 saturated carbocycles. The quantitative estimate of drug-likeness (QED) is 0.218. The number of alkyl halides is 16. The van der Waals surface area contributed by atoms with E-state index in [4.69, 9.17) is 16.3 Å². The summed E-state index contributed by atoms with van der Waals surface area (Å²) >= 11 is 5.64. The van der Waals surface area contributed by atoms with Crippen LogP contribution in [0.25, 0.3) is 0 Å².